The van der Waals surface area contributed by atoms with Crippen molar-refractivity contribution in [2.45, 2.75) is 19.8 Å². The normalized spacial score (nSPS) is 13.9. The van der Waals surface area contributed by atoms with Gasteiger partial charge in [-0.3, -0.25) is 4.79 Å². The molecular formula is C17H18N2O2. The van der Waals surface area contributed by atoms with Gasteiger partial charge in [-0.15, -0.1) is 0 Å². The highest BCUT2D eigenvalue weighted by Crippen LogP contribution is 2.31. The third kappa shape index (κ3) is 2.44. The van der Waals surface area contributed by atoms with Gasteiger partial charge in [0.05, 0.1) is 0 Å². The first-order valence-corrected chi connectivity index (χ1v) is 7.06. The Kier molecular flexibility index (Phi) is 3.29. The van der Waals surface area contributed by atoms with E-state index in [2.05, 4.69) is 0 Å². The molecule has 2 aromatic carbocycles. The van der Waals surface area contributed by atoms with Gasteiger partial charge in [0.1, 0.15) is 5.75 Å². The van der Waals surface area contributed by atoms with Crippen LogP contribution in [-0.4, -0.2) is 17.6 Å². The lowest BCUT2D eigenvalue weighted by Crippen LogP contribution is -2.35. The van der Waals surface area contributed by atoms with E-state index in [4.69, 9.17) is 5.73 Å². The number of nitrogens with two attached hydrogens (primary N) is 1. The van der Waals surface area contributed by atoms with Crippen molar-refractivity contribution in [3.05, 3.63) is 53.1 Å². The zero-order chi connectivity index (χ0) is 15.0. The van der Waals surface area contributed by atoms with E-state index >= 15 is 0 Å². The molecule has 1 amide bonds. The van der Waals surface area contributed by atoms with Gasteiger partial charge < -0.3 is 15.7 Å². The number of aryl methyl sites for hydroxylation is 2. The number of anilines is 2. The highest BCUT2D eigenvalue weighted by molar-refractivity contribution is 6.08. The molecule has 4 nitrogen and oxygen atoms in total. The molecule has 0 aromatic heterocycles. The van der Waals surface area contributed by atoms with Crippen LogP contribution in [0.4, 0.5) is 11.4 Å². The summed E-state index contributed by atoms with van der Waals surface area (Å²) < 4.78 is 0. The molecular weight excluding hydrogens is 264 g/mol. The summed E-state index contributed by atoms with van der Waals surface area (Å²) in [6.07, 6.45) is 1.91. The molecule has 4 heteroatoms. The third-order valence-electron chi connectivity index (χ3n) is 3.91. The lowest BCUT2D eigenvalue weighted by atomic mass is 9.99. The van der Waals surface area contributed by atoms with Crippen molar-refractivity contribution in [1.29, 1.82) is 0 Å². The second-order valence-electron chi connectivity index (χ2n) is 5.45. The lowest BCUT2D eigenvalue weighted by molar-refractivity contribution is 0.0984. The molecule has 2 aromatic rings. The number of hydrogen-bond donors (Lipinski definition) is 2. The van der Waals surface area contributed by atoms with E-state index in [-0.39, 0.29) is 11.7 Å². The summed E-state index contributed by atoms with van der Waals surface area (Å²) in [5.41, 5.74) is 9.97. The molecule has 3 rings (SSSR count). The molecule has 0 atom stereocenters. The molecule has 108 valence electrons. The standard InChI is InChI=1S/C17H18N2O2/c1-11-9-14(20)6-7-15(11)17(21)19-8-2-3-12-4-5-13(18)10-16(12)19/h4-7,9-10,20H,2-3,8,18H2,1H3. The number of nitrogens with zero attached hydrogens (tertiary/aromatic N) is 1. The lowest BCUT2D eigenvalue weighted by Gasteiger charge is -2.30. The van der Waals surface area contributed by atoms with Crippen molar-refractivity contribution in [2.75, 3.05) is 17.2 Å². The minimum atomic E-state index is -0.0425. The number of fused-ring (bicyclic) bond motifs is 1. The van der Waals surface area contributed by atoms with Crippen molar-refractivity contribution in [2.24, 2.45) is 0 Å². The van der Waals surface area contributed by atoms with Gasteiger partial charge in [-0.25, -0.2) is 0 Å². The van der Waals surface area contributed by atoms with E-state index in [1.54, 1.807) is 23.1 Å². The molecule has 3 N–H and O–H groups in total. The van der Waals surface area contributed by atoms with Crippen LogP contribution in [0, 0.1) is 6.92 Å². The first-order chi connectivity index (χ1) is 10.1. The molecule has 0 spiro atoms. The molecule has 21 heavy (non-hydrogen) atoms. The molecule has 0 saturated carbocycles. The van der Waals surface area contributed by atoms with Gasteiger partial charge in [0, 0.05) is 23.5 Å². The maximum absolute atomic E-state index is 12.8. The summed E-state index contributed by atoms with van der Waals surface area (Å²) in [6.45, 7) is 2.52. The second kappa shape index (κ2) is 5.13. The molecule has 0 radical (unpaired) electrons. The summed E-state index contributed by atoms with van der Waals surface area (Å²) in [5, 5.41) is 9.48. The maximum Gasteiger partial charge on any atom is 0.258 e. The first kappa shape index (κ1) is 13.5. The van der Waals surface area contributed by atoms with Crippen molar-refractivity contribution >= 4 is 17.3 Å². The maximum atomic E-state index is 12.8. The van der Waals surface area contributed by atoms with Gasteiger partial charge in [0.15, 0.2) is 0 Å². The van der Waals surface area contributed by atoms with E-state index in [0.29, 0.717) is 17.8 Å². The number of aromatic hydroxyl groups is 1. The number of hydrogen-bond acceptors (Lipinski definition) is 3. The number of phenols is 1. The molecule has 1 aliphatic heterocycles. The van der Waals surface area contributed by atoms with Crippen LogP contribution in [0.25, 0.3) is 0 Å². The van der Waals surface area contributed by atoms with Crippen molar-refractivity contribution < 1.29 is 9.90 Å². The van der Waals surface area contributed by atoms with Crippen molar-refractivity contribution in [3.8, 4) is 5.75 Å². The molecule has 0 saturated heterocycles. The number of phenolic OH excluding ortho intramolecular Hbond substituents is 1. The van der Waals surface area contributed by atoms with Crippen molar-refractivity contribution in [3.63, 3.8) is 0 Å². The molecule has 1 heterocycles. The van der Waals surface area contributed by atoms with Gasteiger partial charge in [0.25, 0.3) is 5.91 Å². The average Bonchev–Trinajstić information content (AvgIpc) is 2.46. The Labute approximate surface area is 123 Å². The van der Waals surface area contributed by atoms with Crippen LogP contribution in [0.1, 0.15) is 27.9 Å². The Morgan fingerprint density at radius 1 is 1.24 bits per heavy atom. The summed E-state index contributed by atoms with van der Waals surface area (Å²) in [5.74, 6) is 0.131. The van der Waals surface area contributed by atoms with Gasteiger partial charge in [-0.05, 0) is 61.2 Å². The number of rotatable bonds is 1. The highest BCUT2D eigenvalue weighted by atomic mass is 16.3. The molecule has 0 fully saturated rings. The fourth-order valence-electron chi connectivity index (χ4n) is 2.84. The van der Waals surface area contributed by atoms with Crippen LogP contribution in [-0.2, 0) is 6.42 Å². The Bertz CT molecular complexity index is 710. The van der Waals surface area contributed by atoms with Crippen LogP contribution in [0.3, 0.4) is 0 Å². The largest absolute Gasteiger partial charge is 0.508 e. The molecule has 1 aliphatic rings. The van der Waals surface area contributed by atoms with Crippen LogP contribution in [0.2, 0.25) is 0 Å². The van der Waals surface area contributed by atoms with E-state index in [1.807, 2.05) is 25.1 Å². The number of carbonyl (C=O) groups excluding carboxylic acids is 1. The fourth-order valence-corrected chi connectivity index (χ4v) is 2.84. The van der Waals surface area contributed by atoms with Crippen LogP contribution < -0.4 is 10.6 Å². The smallest absolute Gasteiger partial charge is 0.258 e. The zero-order valence-corrected chi connectivity index (χ0v) is 12.0. The average molecular weight is 282 g/mol. The Balaban J connectivity index is 2.02. The van der Waals surface area contributed by atoms with Crippen LogP contribution in [0.15, 0.2) is 36.4 Å². The quantitative estimate of drug-likeness (QED) is 0.790. The summed E-state index contributed by atoms with van der Waals surface area (Å²) in [4.78, 5) is 14.6. The highest BCUT2D eigenvalue weighted by Gasteiger charge is 2.24. The van der Waals surface area contributed by atoms with Crippen molar-refractivity contribution in [1.82, 2.24) is 0 Å². The molecule has 0 unspecified atom stereocenters. The SMILES string of the molecule is Cc1cc(O)ccc1C(=O)N1CCCc2ccc(N)cc21. The summed E-state index contributed by atoms with van der Waals surface area (Å²) in [7, 11) is 0. The molecule has 0 bridgehead atoms. The zero-order valence-electron chi connectivity index (χ0n) is 12.0. The molecule has 0 aliphatic carbocycles. The third-order valence-corrected chi connectivity index (χ3v) is 3.91. The Morgan fingerprint density at radius 2 is 2.05 bits per heavy atom. The topological polar surface area (TPSA) is 66.6 Å². The number of amides is 1. The van der Waals surface area contributed by atoms with Gasteiger partial charge >= 0.3 is 0 Å². The van der Waals surface area contributed by atoms with E-state index < -0.39 is 0 Å². The van der Waals surface area contributed by atoms with E-state index in [1.165, 1.54) is 0 Å². The van der Waals surface area contributed by atoms with Gasteiger partial charge in [0.2, 0.25) is 0 Å². The first-order valence-electron chi connectivity index (χ1n) is 7.06. The number of nitrogen functional groups attached to an aromatic ring is 1. The second-order valence-corrected chi connectivity index (χ2v) is 5.45. The Hall–Kier alpha value is -2.49. The number of benzene rings is 2. The van der Waals surface area contributed by atoms with Gasteiger partial charge in [-0.2, -0.15) is 0 Å². The monoisotopic (exact) mass is 282 g/mol. The van der Waals surface area contributed by atoms with E-state index in [0.717, 1.165) is 29.7 Å². The predicted octanol–water partition coefficient (Wildman–Crippen LogP) is 2.88. The number of carbonyl (C=O) groups is 1. The van der Waals surface area contributed by atoms with Crippen LogP contribution in [0.5, 0.6) is 5.75 Å². The van der Waals surface area contributed by atoms with E-state index in [9.17, 15) is 9.90 Å². The minimum Gasteiger partial charge on any atom is -0.508 e. The van der Waals surface area contributed by atoms with Crippen LogP contribution >= 0.6 is 0 Å². The fraction of sp³-hybridized carbons (Fsp3) is 0.235. The summed E-state index contributed by atoms with van der Waals surface area (Å²) in [6, 6.07) is 10.6. The minimum absolute atomic E-state index is 0.0425. The predicted molar refractivity (Wildman–Crippen MR) is 83.7 cm³/mol. The Morgan fingerprint density at radius 3 is 2.81 bits per heavy atom. The summed E-state index contributed by atoms with van der Waals surface area (Å²) >= 11 is 0. The van der Waals surface area contributed by atoms with Gasteiger partial charge in [-0.1, -0.05) is 6.07 Å².